The van der Waals surface area contributed by atoms with Gasteiger partial charge in [0.05, 0.1) is 37.3 Å². The van der Waals surface area contributed by atoms with Gasteiger partial charge in [-0.15, -0.1) is 0 Å². The number of fused-ring (bicyclic) bond motifs is 1. The van der Waals surface area contributed by atoms with E-state index in [0.29, 0.717) is 59.1 Å². The summed E-state index contributed by atoms with van der Waals surface area (Å²) in [5.74, 6) is 1.07. The van der Waals surface area contributed by atoms with Gasteiger partial charge in [-0.05, 0) is 35.9 Å². The fourth-order valence-corrected chi connectivity index (χ4v) is 5.15. The molecule has 2 aromatic heterocycles. The maximum atomic E-state index is 13.4. The number of carbonyl (C=O) groups excluding carboxylic acids is 1. The molecule has 2 aliphatic heterocycles. The summed E-state index contributed by atoms with van der Waals surface area (Å²) in [4.78, 5) is 35.5. The highest BCUT2D eigenvalue weighted by molar-refractivity contribution is 8.26. The molecule has 0 bridgehead atoms. The molecule has 0 unspecified atom stereocenters. The van der Waals surface area contributed by atoms with E-state index < -0.39 is 0 Å². The Bertz CT molecular complexity index is 1350. The van der Waals surface area contributed by atoms with E-state index in [9.17, 15) is 9.59 Å². The number of nitrogens with zero attached hydrogens (tertiary/aromatic N) is 4. The molecule has 34 heavy (non-hydrogen) atoms. The van der Waals surface area contributed by atoms with Gasteiger partial charge in [-0.3, -0.25) is 18.9 Å². The summed E-state index contributed by atoms with van der Waals surface area (Å²) < 4.78 is 12.6. The van der Waals surface area contributed by atoms with Crippen molar-refractivity contribution in [3.8, 4) is 5.75 Å². The zero-order chi connectivity index (χ0) is 23.7. The number of aromatic nitrogens is 2. The maximum absolute atomic E-state index is 13.4. The fourth-order valence-electron chi connectivity index (χ4n) is 3.91. The molecule has 1 aromatic carbocycles. The Kier molecular flexibility index (Phi) is 6.36. The monoisotopic (exact) mass is 494 g/mol. The van der Waals surface area contributed by atoms with Crippen LogP contribution >= 0.6 is 24.0 Å². The van der Waals surface area contributed by atoms with E-state index in [0.717, 1.165) is 11.3 Å². The van der Waals surface area contributed by atoms with Gasteiger partial charge >= 0.3 is 0 Å². The number of hydrogen-bond acceptors (Lipinski definition) is 8. The van der Waals surface area contributed by atoms with E-state index in [1.54, 1.807) is 36.4 Å². The average molecular weight is 495 g/mol. The van der Waals surface area contributed by atoms with Crippen LogP contribution in [0.5, 0.6) is 5.75 Å². The Morgan fingerprint density at radius 2 is 1.91 bits per heavy atom. The minimum atomic E-state index is -0.229. The molecule has 0 saturated carbocycles. The quantitative estimate of drug-likeness (QED) is 0.396. The molecule has 174 valence electrons. The number of amides is 1. The molecule has 0 spiro atoms. The second-order valence-corrected chi connectivity index (χ2v) is 9.47. The Morgan fingerprint density at radius 3 is 2.65 bits per heavy atom. The number of thioether (sulfide) groups is 1. The number of morpholine rings is 1. The molecule has 2 saturated heterocycles. The van der Waals surface area contributed by atoms with Crippen molar-refractivity contribution >= 4 is 51.7 Å². The first-order valence-electron chi connectivity index (χ1n) is 10.8. The average Bonchev–Trinajstić information content (AvgIpc) is 3.14. The van der Waals surface area contributed by atoms with Crippen molar-refractivity contribution in [3.05, 3.63) is 75.0 Å². The fraction of sp³-hybridized carbons (Fsp3) is 0.250. The second-order valence-electron chi connectivity index (χ2n) is 7.80. The lowest BCUT2D eigenvalue weighted by molar-refractivity contribution is -0.122. The molecule has 0 aliphatic carbocycles. The van der Waals surface area contributed by atoms with Crippen molar-refractivity contribution < 1.29 is 14.3 Å². The molecule has 0 N–H and O–H groups in total. The number of benzene rings is 1. The van der Waals surface area contributed by atoms with Crippen LogP contribution in [-0.4, -0.2) is 57.9 Å². The topological polar surface area (TPSA) is 76.4 Å². The van der Waals surface area contributed by atoms with Crippen LogP contribution in [0.15, 0.2) is 58.4 Å². The largest absolute Gasteiger partial charge is 0.497 e. The van der Waals surface area contributed by atoms with Crippen molar-refractivity contribution in [2.75, 3.05) is 38.3 Å². The number of methoxy groups -OCH3 is 1. The van der Waals surface area contributed by atoms with Gasteiger partial charge in [0.25, 0.3) is 11.5 Å². The van der Waals surface area contributed by atoms with Crippen molar-refractivity contribution in [3.63, 3.8) is 0 Å². The lowest BCUT2D eigenvalue weighted by Crippen LogP contribution is -2.38. The zero-order valence-electron chi connectivity index (χ0n) is 18.5. The normalized spacial score (nSPS) is 17.7. The van der Waals surface area contributed by atoms with Gasteiger partial charge in [0.2, 0.25) is 0 Å². The van der Waals surface area contributed by atoms with Crippen LogP contribution in [0.2, 0.25) is 0 Å². The van der Waals surface area contributed by atoms with Crippen LogP contribution in [-0.2, 0) is 16.1 Å². The van der Waals surface area contributed by atoms with Crippen LogP contribution in [0.1, 0.15) is 11.1 Å². The van der Waals surface area contributed by atoms with E-state index in [1.807, 2.05) is 35.2 Å². The molecular weight excluding hydrogens is 472 g/mol. The van der Waals surface area contributed by atoms with Crippen molar-refractivity contribution in [1.29, 1.82) is 0 Å². The highest BCUT2D eigenvalue weighted by atomic mass is 32.2. The molecule has 10 heteroatoms. The number of ether oxygens (including phenoxy) is 2. The summed E-state index contributed by atoms with van der Waals surface area (Å²) in [5.41, 5.74) is 1.63. The van der Waals surface area contributed by atoms with E-state index in [4.69, 9.17) is 26.7 Å². The van der Waals surface area contributed by atoms with E-state index in [2.05, 4.69) is 0 Å². The minimum Gasteiger partial charge on any atom is -0.497 e. The van der Waals surface area contributed by atoms with Crippen LogP contribution in [0, 0.1) is 0 Å². The predicted octanol–water partition coefficient (Wildman–Crippen LogP) is 2.94. The van der Waals surface area contributed by atoms with Crippen LogP contribution in [0.25, 0.3) is 11.7 Å². The molecule has 2 aliphatic rings. The molecular formula is C24H22N4O4S2. The Labute approximate surface area is 205 Å². The van der Waals surface area contributed by atoms with Crippen molar-refractivity contribution in [2.45, 2.75) is 6.54 Å². The number of rotatable bonds is 5. The molecule has 2 fully saturated rings. The molecule has 1 amide bonds. The Balaban J connectivity index is 1.52. The van der Waals surface area contributed by atoms with E-state index in [1.165, 1.54) is 16.2 Å². The first kappa shape index (κ1) is 22.6. The smallest absolute Gasteiger partial charge is 0.267 e. The van der Waals surface area contributed by atoms with Gasteiger partial charge in [0.15, 0.2) is 0 Å². The van der Waals surface area contributed by atoms with Crippen molar-refractivity contribution in [2.24, 2.45) is 0 Å². The zero-order valence-corrected chi connectivity index (χ0v) is 20.1. The summed E-state index contributed by atoms with van der Waals surface area (Å²) in [6.45, 7) is 2.69. The van der Waals surface area contributed by atoms with Crippen LogP contribution < -0.4 is 15.2 Å². The number of thiocarbonyl (C=S) groups is 1. The summed E-state index contributed by atoms with van der Waals surface area (Å²) in [6.07, 6.45) is 3.31. The number of pyridine rings is 1. The maximum Gasteiger partial charge on any atom is 0.267 e. The second kappa shape index (κ2) is 9.57. The number of anilines is 1. The summed E-state index contributed by atoms with van der Waals surface area (Å²) in [6, 6.07) is 12.9. The van der Waals surface area contributed by atoms with Crippen LogP contribution in [0.4, 0.5) is 5.82 Å². The number of hydrogen-bond donors (Lipinski definition) is 0. The van der Waals surface area contributed by atoms with Crippen LogP contribution in [0.3, 0.4) is 0 Å². The standard InChI is InChI=1S/C24H22N4O4S2/c1-31-17-7-5-16(6-8-17)15-28-23(30)19(34-24(28)33)14-18-21(26-10-12-32-13-11-26)25-20-4-2-3-9-27(20)22(18)29/h2-9,14H,10-13,15H2,1H3/b19-14+. The summed E-state index contributed by atoms with van der Waals surface area (Å²) in [7, 11) is 1.61. The summed E-state index contributed by atoms with van der Waals surface area (Å²) in [5, 5.41) is 0. The van der Waals surface area contributed by atoms with Gasteiger partial charge in [0, 0.05) is 19.3 Å². The molecule has 8 nitrogen and oxygen atoms in total. The molecule has 0 radical (unpaired) electrons. The third-order valence-electron chi connectivity index (χ3n) is 5.71. The first-order valence-corrected chi connectivity index (χ1v) is 12.0. The van der Waals surface area contributed by atoms with Gasteiger partial charge in [0.1, 0.15) is 21.5 Å². The summed E-state index contributed by atoms with van der Waals surface area (Å²) >= 11 is 6.70. The van der Waals surface area contributed by atoms with Gasteiger partial charge < -0.3 is 14.4 Å². The SMILES string of the molecule is COc1ccc(CN2C(=O)/C(=C\c3c(N4CCOCC4)nc4ccccn4c3=O)SC2=S)cc1. The Morgan fingerprint density at radius 1 is 1.15 bits per heavy atom. The third-order valence-corrected chi connectivity index (χ3v) is 7.09. The molecule has 0 atom stereocenters. The first-order chi connectivity index (χ1) is 16.5. The van der Waals surface area contributed by atoms with Gasteiger partial charge in [-0.2, -0.15) is 0 Å². The lowest BCUT2D eigenvalue weighted by atomic mass is 10.2. The third kappa shape index (κ3) is 4.31. The predicted molar refractivity (Wildman–Crippen MR) is 136 cm³/mol. The van der Waals surface area contributed by atoms with Gasteiger partial charge in [-0.25, -0.2) is 4.98 Å². The highest BCUT2D eigenvalue weighted by Gasteiger charge is 2.33. The molecule has 3 aromatic rings. The number of carbonyl (C=O) groups is 1. The van der Waals surface area contributed by atoms with E-state index in [-0.39, 0.29) is 11.5 Å². The minimum absolute atomic E-state index is 0.226. The van der Waals surface area contributed by atoms with Gasteiger partial charge in [-0.1, -0.05) is 42.2 Å². The molecule has 4 heterocycles. The molecule has 5 rings (SSSR count). The lowest BCUT2D eigenvalue weighted by Gasteiger charge is -2.29. The van der Waals surface area contributed by atoms with Crippen molar-refractivity contribution in [1.82, 2.24) is 14.3 Å². The van der Waals surface area contributed by atoms with E-state index >= 15 is 0 Å². The highest BCUT2D eigenvalue weighted by Crippen LogP contribution is 2.34. The Hall–Kier alpha value is -3.21.